The molecule has 0 aromatic heterocycles. The zero-order valence-corrected chi connectivity index (χ0v) is 12.5. The summed E-state index contributed by atoms with van der Waals surface area (Å²) in [6.07, 6.45) is 0. The minimum absolute atomic E-state index is 0.0987. The van der Waals surface area contributed by atoms with Gasteiger partial charge in [-0.05, 0) is 28.8 Å². The van der Waals surface area contributed by atoms with Crippen molar-refractivity contribution in [1.82, 2.24) is 0 Å². The Kier molecular flexibility index (Phi) is 4.33. The average Bonchev–Trinajstić information content (AvgIpc) is 2.38. The van der Waals surface area contributed by atoms with Crippen LogP contribution in [0.25, 0.3) is 11.1 Å². The van der Waals surface area contributed by atoms with Crippen LogP contribution < -0.4 is 0 Å². The highest BCUT2D eigenvalue weighted by atomic mass is 32.2. The predicted octanol–water partition coefficient (Wildman–Crippen LogP) is 4.74. The molecule has 0 saturated heterocycles. The molecule has 100 valence electrons. The molecule has 1 nitrogen and oxygen atoms in total. The Morgan fingerprint density at radius 3 is 1.74 bits per heavy atom. The van der Waals surface area contributed by atoms with E-state index >= 15 is 0 Å². The van der Waals surface area contributed by atoms with E-state index in [4.69, 9.17) is 5.11 Å². The third kappa shape index (κ3) is 4.12. The lowest BCUT2D eigenvalue weighted by atomic mass is 10.0. The first-order valence-electron chi connectivity index (χ1n) is 6.47. The molecule has 0 heterocycles. The number of hydrogen-bond donors (Lipinski definition) is 1. The molecule has 2 heteroatoms. The van der Waals surface area contributed by atoms with E-state index in [1.54, 1.807) is 0 Å². The Balaban J connectivity index is 2.17. The molecule has 0 radical (unpaired) electrons. The molecule has 0 saturated carbocycles. The van der Waals surface area contributed by atoms with Crippen molar-refractivity contribution in [2.24, 2.45) is 0 Å². The number of thioether (sulfide) groups is 1. The van der Waals surface area contributed by atoms with Crippen LogP contribution in [0.5, 0.6) is 0 Å². The largest absolute Gasteiger partial charge is 0.392 e. The van der Waals surface area contributed by atoms with Crippen molar-refractivity contribution in [3.05, 3.63) is 54.1 Å². The Labute approximate surface area is 119 Å². The fourth-order valence-corrected chi connectivity index (χ4v) is 2.85. The second-order valence-electron chi connectivity index (χ2n) is 5.59. The van der Waals surface area contributed by atoms with Gasteiger partial charge < -0.3 is 5.11 Å². The fraction of sp³-hybridized carbons (Fsp3) is 0.294. The van der Waals surface area contributed by atoms with Gasteiger partial charge in [-0.2, -0.15) is 0 Å². The van der Waals surface area contributed by atoms with E-state index in [2.05, 4.69) is 57.2 Å². The van der Waals surface area contributed by atoms with E-state index < -0.39 is 0 Å². The van der Waals surface area contributed by atoms with E-state index in [-0.39, 0.29) is 11.4 Å². The number of rotatable bonds is 3. The third-order valence-electron chi connectivity index (χ3n) is 2.75. The maximum atomic E-state index is 9.04. The molecule has 19 heavy (non-hydrogen) atoms. The van der Waals surface area contributed by atoms with Crippen LogP contribution in [0.2, 0.25) is 0 Å². The summed E-state index contributed by atoms with van der Waals surface area (Å²) in [6, 6.07) is 16.7. The lowest BCUT2D eigenvalue weighted by Gasteiger charge is -2.17. The van der Waals surface area contributed by atoms with Crippen LogP contribution in [0.4, 0.5) is 0 Å². The van der Waals surface area contributed by atoms with Crippen LogP contribution >= 0.6 is 11.8 Å². The van der Waals surface area contributed by atoms with Gasteiger partial charge in [-0.3, -0.25) is 0 Å². The van der Waals surface area contributed by atoms with Gasteiger partial charge in [0, 0.05) is 9.64 Å². The first kappa shape index (κ1) is 14.2. The van der Waals surface area contributed by atoms with Crippen molar-refractivity contribution >= 4 is 11.8 Å². The summed E-state index contributed by atoms with van der Waals surface area (Å²) >= 11 is 1.88. The maximum Gasteiger partial charge on any atom is 0.0681 e. The molecule has 0 aliphatic rings. The summed E-state index contributed by atoms with van der Waals surface area (Å²) < 4.78 is 0.240. The fourth-order valence-electron chi connectivity index (χ4n) is 1.87. The Morgan fingerprint density at radius 2 is 1.32 bits per heavy atom. The molecule has 2 aromatic rings. The third-order valence-corrected chi connectivity index (χ3v) is 3.87. The zero-order valence-electron chi connectivity index (χ0n) is 11.7. The van der Waals surface area contributed by atoms with Crippen molar-refractivity contribution in [3.63, 3.8) is 0 Å². The predicted molar refractivity (Wildman–Crippen MR) is 83.4 cm³/mol. The summed E-state index contributed by atoms with van der Waals surface area (Å²) in [5, 5.41) is 9.04. The molecule has 0 aliphatic carbocycles. The average molecular weight is 272 g/mol. The van der Waals surface area contributed by atoms with Gasteiger partial charge in [-0.15, -0.1) is 11.8 Å². The Morgan fingerprint density at radius 1 is 0.842 bits per heavy atom. The summed E-state index contributed by atoms with van der Waals surface area (Å²) in [5.41, 5.74) is 3.34. The maximum absolute atomic E-state index is 9.04. The number of benzene rings is 2. The highest BCUT2D eigenvalue weighted by Gasteiger charge is 2.11. The first-order chi connectivity index (χ1) is 8.98. The van der Waals surface area contributed by atoms with Crippen LogP contribution in [0, 0.1) is 0 Å². The molecule has 0 fully saturated rings. The molecule has 0 aliphatic heterocycles. The second-order valence-corrected chi connectivity index (χ2v) is 7.49. The van der Waals surface area contributed by atoms with E-state index in [0.717, 1.165) is 5.56 Å². The van der Waals surface area contributed by atoms with Crippen LogP contribution in [0.15, 0.2) is 53.4 Å². The van der Waals surface area contributed by atoms with Gasteiger partial charge >= 0.3 is 0 Å². The van der Waals surface area contributed by atoms with E-state index in [0.29, 0.717) is 0 Å². The van der Waals surface area contributed by atoms with Crippen molar-refractivity contribution in [1.29, 1.82) is 0 Å². The van der Waals surface area contributed by atoms with Gasteiger partial charge in [-0.1, -0.05) is 57.2 Å². The molecule has 0 unspecified atom stereocenters. The topological polar surface area (TPSA) is 20.2 Å². The van der Waals surface area contributed by atoms with E-state index in [1.807, 2.05) is 23.9 Å². The van der Waals surface area contributed by atoms with Gasteiger partial charge in [0.05, 0.1) is 6.61 Å². The highest BCUT2D eigenvalue weighted by molar-refractivity contribution is 8.00. The first-order valence-corrected chi connectivity index (χ1v) is 7.29. The molecular formula is C17H20OS. The van der Waals surface area contributed by atoms with Crippen molar-refractivity contribution in [3.8, 4) is 11.1 Å². The standard InChI is InChI=1S/C17H20OS/c1-17(2,3)19-16-10-8-15(9-11-16)14-6-4-13(12-18)5-7-14/h4-11,18H,12H2,1-3H3. The lowest BCUT2D eigenvalue weighted by Crippen LogP contribution is -2.06. The summed E-state index contributed by atoms with van der Waals surface area (Å²) in [5.74, 6) is 0. The molecule has 0 spiro atoms. The van der Waals surface area contributed by atoms with Gasteiger partial charge in [0.25, 0.3) is 0 Å². The van der Waals surface area contributed by atoms with Crippen LogP contribution in [0.1, 0.15) is 26.3 Å². The van der Waals surface area contributed by atoms with Crippen LogP contribution in [0.3, 0.4) is 0 Å². The summed E-state index contributed by atoms with van der Waals surface area (Å²) in [4.78, 5) is 1.29. The molecule has 1 N–H and O–H groups in total. The van der Waals surface area contributed by atoms with Crippen LogP contribution in [-0.2, 0) is 6.61 Å². The number of aliphatic hydroxyl groups excluding tert-OH is 1. The van der Waals surface area contributed by atoms with E-state index in [9.17, 15) is 0 Å². The van der Waals surface area contributed by atoms with E-state index in [1.165, 1.54) is 16.0 Å². The highest BCUT2D eigenvalue weighted by Crippen LogP contribution is 2.33. The molecular weight excluding hydrogens is 252 g/mol. The Hall–Kier alpha value is -1.25. The minimum Gasteiger partial charge on any atom is -0.392 e. The van der Waals surface area contributed by atoms with Crippen molar-refractivity contribution < 1.29 is 5.11 Å². The molecule has 2 aromatic carbocycles. The molecule has 0 amide bonds. The monoisotopic (exact) mass is 272 g/mol. The minimum atomic E-state index is 0.0987. The Bertz CT molecular complexity index is 521. The SMILES string of the molecule is CC(C)(C)Sc1ccc(-c2ccc(CO)cc2)cc1. The normalized spacial score (nSPS) is 11.6. The van der Waals surface area contributed by atoms with Gasteiger partial charge in [0.2, 0.25) is 0 Å². The number of hydrogen-bond acceptors (Lipinski definition) is 2. The smallest absolute Gasteiger partial charge is 0.0681 e. The van der Waals surface area contributed by atoms with Crippen LogP contribution in [-0.4, -0.2) is 9.85 Å². The van der Waals surface area contributed by atoms with Crippen molar-refractivity contribution in [2.45, 2.75) is 37.0 Å². The van der Waals surface area contributed by atoms with Gasteiger partial charge in [-0.25, -0.2) is 0 Å². The van der Waals surface area contributed by atoms with Crippen molar-refractivity contribution in [2.75, 3.05) is 0 Å². The quantitative estimate of drug-likeness (QED) is 0.815. The number of aliphatic hydroxyl groups is 1. The van der Waals surface area contributed by atoms with Gasteiger partial charge in [0.15, 0.2) is 0 Å². The summed E-state index contributed by atoms with van der Waals surface area (Å²) in [7, 11) is 0. The molecule has 0 atom stereocenters. The molecule has 2 rings (SSSR count). The zero-order chi connectivity index (χ0) is 13.9. The molecule has 0 bridgehead atoms. The lowest BCUT2D eigenvalue weighted by molar-refractivity contribution is 0.282. The second kappa shape index (κ2) is 5.81. The summed E-state index contributed by atoms with van der Waals surface area (Å²) in [6.45, 7) is 6.76. The van der Waals surface area contributed by atoms with Gasteiger partial charge in [0.1, 0.15) is 0 Å².